The predicted octanol–water partition coefficient (Wildman–Crippen LogP) is 3.69. The molecule has 1 nitrogen and oxygen atoms in total. The standard InChI is InChI=1S/C13H14OS/c1-2-4-12-11(3-1)14-13(15-12)8-9-5-6-10(13)7-9/h1-4,9-10H,5-8H2. The lowest BCUT2D eigenvalue weighted by atomic mass is 9.97. The van der Waals surface area contributed by atoms with Gasteiger partial charge >= 0.3 is 0 Å². The lowest BCUT2D eigenvalue weighted by molar-refractivity contribution is 0.110. The number of hydrogen-bond donors (Lipinski definition) is 0. The maximum atomic E-state index is 6.25. The fraction of sp³-hybridized carbons (Fsp3) is 0.538. The first-order chi connectivity index (χ1) is 7.36. The van der Waals surface area contributed by atoms with Gasteiger partial charge in [0.15, 0.2) is 4.93 Å². The quantitative estimate of drug-likeness (QED) is 0.657. The molecule has 2 saturated carbocycles. The van der Waals surface area contributed by atoms with Crippen LogP contribution in [0.4, 0.5) is 0 Å². The number of benzene rings is 1. The van der Waals surface area contributed by atoms with Crippen LogP contribution in [0.3, 0.4) is 0 Å². The Kier molecular flexibility index (Phi) is 1.55. The minimum absolute atomic E-state index is 0.132. The van der Waals surface area contributed by atoms with Crippen LogP contribution in [0.1, 0.15) is 25.7 Å². The van der Waals surface area contributed by atoms with Gasteiger partial charge in [-0.2, -0.15) is 0 Å². The largest absolute Gasteiger partial charge is 0.475 e. The van der Waals surface area contributed by atoms with Gasteiger partial charge in [0.25, 0.3) is 0 Å². The lowest BCUT2D eigenvalue weighted by Crippen LogP contribution is -2.35. The molecule has 3 atom stereocenters. The second-order valence-corrected chi connectivity index (χ2v) is 6.38. The predicted molar refractivity (Wildman–Crippen MR) is 61.1 cm³/mol. The minimum Gasteiger partial charge on any atom is -0.475 e. The summed E-state index contributed by atoms with van der Waals surface area (Å²) in [6, 6.07) is 8.50. The van der Waals surface area contributed by atoms with Gasteiger partial charge in [0.2, 0.25) is 0 Å². The van der Waals surface area contributed by atoms with Gasteiger partial charge in [0.1, 0.15) is 5.75 Å². The lowest BCUT2D eigenvalue weighted by Gasteiger charge is -2.31. The summed E-state index contributed by atoms with van der Waals surface area (Å²) in [5.41, 5.74) is 0. The summed E-state index contributed by atoms with van der Waals surface area (Å²) in [6.45, 7) is 0. The van der Waals surface area contributed by atoms with Gasteiger partial charge in [0.05, 0.1) is 4.90 Å². The Hall–Kier alpha value is -0.630. The van der Waals surface area contributed by atoms with Crippen molar-refractivity contribution >= 4 is 11.8 Å². The number of hydrogen-bond acceptors (Lipinski definition) is 2. The van der Waals surface area contributed by atoms with Crippen LogP contribution in [0.15, 0.2) is 29.2 Å². The first kappa shape index (κ1) is 8.51. The first-order valence-electron chi connectivity index (χ1n) is 5.83. The number of para-hydroxylation sites is 1. The second-order valence-electron chi connectivity index (χ2n) is 5.04. The van der Waals surface area contributed by atoms with Crippen molar-refractivity contribution in [3.05, 3.63) is 24.3 Å². The zero-order valence-electron chi connectivity index (χ0n) is 8.61. The molecule has 1 aromatic rings. The highest BCUT2D eigenvalue weighted by Gasteiger charge is 2.56. The Balaban J connectivity index is 1.74. The summed E-state index contributed by atoms with van der Waals surface area (Å²) in [4.78, 5) is 1.48. The molecule has 0 aromatic heterocycles. The molecule has 1 aromatic carbocycles. The summed E-state index contributed by atoms with van der Waals surface area (Å²) < 4.78 is 6.25. The molecule has 1 heterocycles. The van der Waals surface area contributed by atoms with Gasteiger partial charge in [-0.15, -0.1) is 0 Å². The van der Waals surface area contributed by atoms with Crippen molar-refractivity contribution < 1.29 is 4.74 Å². The van der Waals surface area contributed by atoms with E-state index in [0.29, 0.717) is 0 Å². The Morgan fingerprint density at radius 1 is 1.27 bits per heavy atom. The van der Waals surface area contributed by atoms with Crippen LogP contribution in [0.25, 0.3) is 0 Å². The molecule has 2 heteroatoms. The molecule has 2 aliphatic carbocycles. The van der Waals surface area contributed by atoms with Crippen LogP contribution in [0.5, 0.6) is 5.75 Å². The van der Waals surface area contributed by atoms with Gasteiger partial charge < -0.3 is 4.74 Å². The van der Waals surface area contributed by atoms with Crippen molar-refractivity contribution in [2.45, 2.75) is 35.5 Å². The number of ether oxygens (including phenoxy) is 1. The van der Waals surface area contributed by atoms with E-state index in [4.69, 9.17) is 4.74 Å². The maximum Gasteiger partial charge on any atom is 0.162 e. The minimum atomic E-state index is 0.132. The first-order valence-corrected chi connectivity index (χ1v) is 6.64. The van der Waals surface area contributed by atoms with Crippen LogP contribution >= 0.6 is 11.8 Å². The maximum absolute atomic E-state index is 6.25. The fourth-order valence-electron chi connectivity index (χ4n) is 3.49. The van der Waals surface area contributed by atoms with E-state index >= 15 is 0 Å². The van der Waals surface area contributed by atoms with Crippen molar-refractivity contribution in [3.63, 3.8) is 0 Å². The third-order valence-corrected chi connectivity index (χ3v) is 5.64. The van der Waals surface area contributed by atoms with E-state index in [-0.39, 0.29) is 4.93 Å². The highest BCUT2D eigenvalue weighted by molar-refractivity contribution is 8.01. The summed E-state index contributed by atoms with van der Waals surface area (Å²) in [6.07, 6.45) is 5.50. The number of thioether (sulfide) groups is 1. The van der Waals surface area contributed by atoms with Crippen LogP contribution < -0.4 is 4.74 Å². The van der Waals surface area contributed by atoms with Gasteiger partial charge in [0, 0.05) is 12.3 Å². The van der Waals surface area contributed by atoms with Crippen LogP contribution in [-0.2, 0) is 0 Å². The molecule has 2 bridgehead atoms. The van der Waals surface area contributed by atoms with Gasteiger partial charge in [-0.1, -0.05) is 23.9 Å². The van der Waals surface area contributed by atoms with E-state index in [0.717, 1.165) is 17.6 Å². The monoisotopic (exact) mass is 218 g/mol. The average molecular weight is 218 g/mol. The summed E-state index contributed by atoms with van der Waals surface area (Å²) in [7, 11) is 0. The van der Waals surface area contributed by atoms with Crippen LogP contribution in [0, 0.1) is 11.8 Å². The molecular weight excluding hydrogens is 204 g/mol. The van der Waals surface area contributed by atoms with Gasteiger partial charge in [-0.3, -0.25) is 0 Å². The molecule has 2 fully saturated rings. The zero-order chi connectivity index (χ0) is 9.88. The average Bonchev–Trinajstić information content (AvgIpc) is 2.89. The van der Waals surface area contributed by atoms with Gasteiger partial charge in [-0.25, -0.2) is 0 Å². The SMILES string of the molecule is c1ccc2c(c1)OC1(CC3CCC1C3)S2. The molecule has 15 heavy (non-hydrogen) atoms. The van der Waals surface area contributed by atoms with Crippen molar-refractivity contribution in [1.29, 1.82) is 0 Å². The zero-order valence-corrected chi connectivity index (χ0v) is 9.43. The highest BCUT2D eigenvalue weighted by atomic mass is 32.2. The Morgan fingerprint density at radius 2 is 2.20 bits per heavy atom. The Morgan fingerprint density at radius 3 is 2.93 bits per heavy atom. The fourth-order valence-corrected chi connectivity index (χ4v) is 5.05. The third kappa shape index (κ3) is 1.06. The van der Waals surface area contributed by atoms with E-state index < -0.39 is 0 Å². The van der Waals surface area contributed by atoms with Crippen LogP contribution in [0.2, 0.25) is 0 Å². The third-order valence-electron chi connectivity index (χ3n) is 4.15. The summed E-state index contributed by atoms with van der Waals surface area (Å²) >= 11 is 1.99. The number of rotatable bonds is 0. The molecule has 0 N–H and O–H groups in total. The molecule has 0 amide bonds. The molecule has 3 unspecified atom stereocenters. The molecule has 1 spiro atoms. The van der Waals surface area contributed by atoms with Gasteiger partial charge in [-0.05, 0) is 37.3 Å². The van der Waals surface area contributed by atoms with E-state index in [2.05, 4.69) is 24.3 Å². The molecule has 4 rings (SSSR count). The summed E-state index contributed by atoms with van der Waals surface area (Å²) in [5.74, 6) is 2.87. The van der Waals surface area contributed by atoms with E-state index in [1.807, 2.05) is 11.8 Å². The second kappa shape index (κ2) is 2.73. The molecule has 0 saturated heterocycles. The van der Waals surface area contributed by atoms with Crippen molar-refractivity contribution in [1.82, 2.24) is 0 Å². The Bertz CT molecular complexity index is 390. The number of fused-ring (bicyclic) bond motifs is 4. The molecule has 1 aliphatic heterocycles. The van der Waals surface area contributed by atoms with E-state index in [9.17, 15) is 0 Å². The normalized spacial score (nSPS) is 40.8. The van der Waals surface area contributed by atoms with E-state index in [1.54, 1.807) is 0 Å². The summed E-state index contributed by atoms with van der Waals surface area (Å²) in [5, 5.41) is 0. The Labute approximate surface area is 94.2 Å². The van der Waals surface area contributed by atoms with E-state index in [1.165, 1.54) is 30.6 Å². The van der Waals surface area contributed by atoms with Crippen LogP contribution in [-0.4, -0.2) is 4.93 Å². The topological polar surface area (TPSA) is 9.23 Å². The van der Waals surface area contributed by atoms with Crippen molar-refractivity contribution in [2.75, 3.05) is 0 Å². The van der Waals surface area contributed by atoms with Crippen molar-refractivity contribution in [2.24, 2.45) is 11.8 Å². The van der Waals surface area contributed by atoms with Crippen molar-refractivity contribution in [3.8, 4) is 5.75 Å². The smallest absolute Gasteiger partial charge is 0.162 e. The molecule has 0 radical (unpaired) electrons. The highest BCUT2D eigenvalue weighted by Crippen LogP contribution is 2.63. The molecular formula is C13H14OS. The molecule has 3 aliphatic rings. The molecule has 78 valence electrons.